The van der Waals surface area contributed by atoms with Gasteiger partial charge in [0.15, 0.2) is 10.9 Å². The molecule has 1 aromatic carbocycles. The van der Waals surface area contributed by atoms with Crippen molar-refractivity contribution in [3.63, 3.8) is 0 Å². The van der Waals surface area contributed by atoms with Crippen molar-refractivity contribution in [2.24, 2.45) is 0 Å². The largest absolute Gasteiger partial charge is 0.469 e. The molecule has 1 aromatic heterocycles. The molecule has 1 atom stereocenters. The van der Waals surface area contributed by atoms with Gasteiger partial charge in [-0.1, -0.05) is 30.3 Å². The SMILES string of the molecule is CC(=O)OC[C@@H]1Cn2c(c(-c3ccccc3)c(=O)[nH]c2=S)O1. The van der Waals surface area contributed by atoms with E-state index in [9.17, 15) is 9.59 Å². The second-order valence-electron chi connectivity index (χ2n) is 4.96. The van der Waals surface area contributed by atoms with Gasteiger partial charge in [-0.3, -0.25) is 19.1 Å². The third-order valence-electron chi connectivity index (χ3n) is 3.35. The van der Waals surface area contributed by atoms with Gasteiger partial charge in [-0.15, -0.1) is 0 Å². The first-order valence-electron chi connectivity index (χ1n) is 6.79. The highest BCUT2D eigenvalue weighted by atomic mass is 32.1. The zero-order chi connectivity index (χ0) is 15.7. The zero-order valence-corrected chi connectivity index (χ0v) is 12.7. The first-order chi connectivity index (χ1) is 10.6. The molecule has 3 rings (SSSR count). The van der Waals surface area contributed by atoms with Crippen LogP contribution in [-0.2, 0) is 16.1 Å². The van der Waals surface area contributed by atoms with E-state index in [4.69, 9.17) is 21.7 Å². The molecule has 0 radical (unpaired) electrons. The van der Waals surface area contributed by atoms with Gasteiger partial charge < -0.3 is 9.47 Å². The Morgan fingerprint density at radius 1 is 1.45 bits per heavy atom. The molecule has 0 bridgehead atoms. The van der Waals surface area contributed by atoms with E-state index in [0.717, 1.165) is 5.56 Å². The van der Waals surface area contributed by atoms with Crippen LogP contribution in [0.15, 0.2) is 35.1 Å². The number of nitrogens with one attached hydrogen (secondary N) is 1. The first-order valence-corrected chi connectivity index (χ1v) is 7.19. The summed E-state index contributed by atoms with van der Waals surface area (Å²) >= 11 is 5.18. The van der Waals surface area contributed by atoms with Crippen molar-refractivity contribution in [2.75, 3.05) is 6.61 Å². The second-order valence-corrected chi connectivity index (χ2v) is 5.35. The maximum absolute atomic E-state index is 12.3. The molecule has 0 saturated carbocycles. The molecule has 0 aliphatic carbocycles. The van der Waals surface area contributed by atoms with E-state index in [1.165, 1.54) is 6.92 Å². The summed E-state index contributed by atoms with van der Waals surface area (Å²) < 4.78 is 12.8. The fraction of sp³-hybridized carbons (Fsp3) is 0.267. The number of rotatable bonds is 3. The predicted molar refractivity (Wildman–Crippen MR) is 82.4 cm³/mol. The number of nitrogens with zero attached hydrogens (tertiary/aromatic N) is 1. The molecular formula is C15H14N2O4S. The summed E-state index contributed by atoms with van der Waals surface area (Å²) in [6.45, 7) is 1.89. The summed E-state index contributed by atoms with van der Waals surface area (Å²) in [6, 6.07) is 9.22. The molecule has 0 amide bonds. The third kappa shape index (κ3) is 2.67. The van der Waals surface area contributed by atoms with Crippen molar-refractivity contribution in [3.8, 4) is 17.0 Å². The summed E-state index contributed by atoms with van der Waals surface area (Å²) in [4.78, 5) is 25.9. The summed E-state index contributed by atoms with van der Waals surface area (Å²) in [5.41, 5.74) is 0.880. The Morgan fingerprint density at radius 3 is 2.86 bits per heavy atom. The molecule has 0 fully saturated rings. The standard InChI is InChI=1S/C15H14N2O4S/c1-9(18)20-8-11-7-17-14(21-11)12(13(19)16-15(17)22)10-5-3-2-4-6-10/h2-6,11H,7-8H2,1H3,(H,16,19,22)/t11-/m0/s1. The monoisotopic (exact) mass is 318 g/mol. The number of fused-ring (bicyclic) bond motifs is 1. The molecule has 1 N–H and O–H groups in total. The molecule has 22 heavy (non-hydrogen) atoms. The van der Waals surface area contributed by atoms with Crippen LogP contribution in [0, 0.1) is 4.77 Å². The van der Waals surface area contributed by atoms with Gasteiger partial charge in [0.05, 0.1) is 6.54 Å². The van der Waals surface area contributed by atoms with Crippen molar-refractivity contribution in [2.45, 2.75) is 19.6 Å². The second kappa shape index (κ2) is 5.76. The van der Waals surface area contributed by atoms with Gasteiger partial charge in [-0.25, -0.2) is 0 Å². The molecule has 1 aliphatic rings. The highest BCUT2D eigenvalue weighted by Gasteiger charge is 2.28. The van der Waals surface area contributed by atoms with Crippen molar-refractivity contribution >= 4 is 18.2 Å². The number of aromatic nitrogens is 2. The van der Waals surface area contributed by atoms with E-state index >= 15 is 0 Å². The van der Waals surface area contributed by atoms with Gasteiger partial charge in [0.1, 0.15) is 12.2 Å². The number of carbonyl (C=O) groups excluding carboxylic acids is 1. The van der Waals surface area contributed by atoms with E-state index < -0.39 is 0 Å². The number of benzene rings is 1. The maximum Gasteiger partial charge on any atom is 0.302 e. The molecule has 2 heterocycles. The molecule has 0 spiro atoms. The number of carbonyl (C=O) groups is 1. The van der Waals surface area contributed by atoms with Crippen LogP contribution in [-0.4, -0.2) is 28.2 Å². The third-order valence-corrected chi connectivity index (χ3v) is 3.67. The Labute approximate surface area is 131 Å². The molecule has 114 valence electrons. The number of hydrogen-bond donors (Lipinski definition) is 1. The Kier molecular flexibility index (Phi) is 3.81. The van der Waals surface area contributed by atoms with Gasteiger partial charge in [0, 0.05) is 6.92 Å². The summed E-state index contributed by atoms with van der Waals surface area (Å²) in [7, 11) is 0. The lowest BCUT2D eigenvalue weighted by Gasteiger charge is -2.10. The van der Waals surface area contributed by atoms with E-state index in [1.807, 2.05) is 30.3 Å². The maximum atomic E-state index is 12.3. The van der Waals surface area contributed by atoms with Crippen LogP contribution in [0.1, 0.15) is 6.92 Å². The highest BCUT2D eigenvalue weighted by molar-refractivity contribution is 7.71. The van der Waals surface area contributed by atoms with Crippen LogP contribution in [0.25, 0.3) is 11.1 Å². The lowest BCUT2D eigenvalue weighted by atomic mass is 10.1. The minimum absolute atomic E-state index is 0.119. The molecule has 0 unspecified atom stereocenters. The summed E-state index contributed by atoms with van der Waals surface area (Å²) in [5, 5.41) is 0. The predicted octanol–water partition coefficient (Wildman–Crippen LogP) is 1.90. The van der Waals surface area contributed by atoms with Crippen molar-refractivity contribution < 1.29 is 14.3 Å². The molecule has 6 nitrogen and oxygen atoms in total. The molecule has 0 saturated heterocycles. The van der Waals surface area contributed by atoms with Crippen molar-refractivity contribution in [1.29, 1.82) is 0 Å². The normalized spacial score (nSPS) is 16.0. The average Bonchev–Trinajstić information content (AvgIpc) is 2.90. The van der Waals surface area contributed by atoms with Gasteiger partial charge in [0.25, 0.3) is 5.56 Å². The number of aromatic amines is 1. The fourth-order valence-electron chi connectivity index (χ4n) is 2.39. The fourth-order valence-corrected chi connectivity index (χ4v) is 2.65. The first kappa shape index (κ1) is 14.5. The number of ether oxygens (including phenoxy) is 2. The lowest BCUT2D eigenvalue weighted by molar-refractivity contribution is -0.143. The van der Waals surface area contributed by atoms with Gasteiger partial charge in [0.2, 0.25) is 5.88 Å². The Balaban J connectivity index is 2.03. The topological polar surface area (TPSA) is 73.3 Å². The Bertz CT molecular complexity index is 826. The van der Waals surface area contributed by atoms with Gasteiger partial charge in [-0.2, -0.15) is 0 Å². The van der Waals surface area contributed by atoms with Crippen LogP contribution in [0.3, 0.4) is 0 Å². The van der Waals surface area contributed by atoms with Crippen LogP contribution in [0.2, 0.25) is 0 Å². The zero-order valence-electron chi connectivity index (χ0n) is 11.9. The highest BCUT2D eigenvalue weighted by Crippen LogP contribution is 2.31. The van der Waals surface area contributed by atoms with E-state index in [2.05, 4.69) is 4.98 Å². The number of esters is 1. The summed E-state index contributed by atoms with van der Waals surface area (Å²) in [6.07, 6.45) is -0.358. The quantitative estimate of drug-likeness (QED) is 0.691. The van der Waals surface area contributed by atoms with Crippen molar-refractivity contribution in [3.05, 3.63) is 45.5 Å². The lowest BCUT2D eigenvalue weighted by Crippen LogP contribution is -2.22. The molecule has 1 aliphatic heterocycles. The van der Waals surface area contributed by atoms with Crippen LogP contribution < -0.4 is 10.3 Å². The Morgan fingerprint density at radius 2 is 2.18 bits per heavy atom. The number of H-pyrrole nitrogens is 1. The molecule has 2 aromatic rings. The molecule has 7 heteroatoms. The minimum atomic E-state index is -0.373. The minimum Gasteiger partial charge on any atom is -0.469 e. The van der Waals surface area contributed by atoms with E-state index in [1.54, 1.807) is 4.57 Å². The smallest absolute Gasteiger partial charge is 0.302 e. The van der Waals surface area contributed by atoms with Crippen LogP contribution in [0.4, 0.5) is 0 Å². The molecular weight excluding hydrogens is 304 g/mol. The van der Waals surface area contributed by atoms with E-state index in [0.29, 0.717) is 22.8 Å². The van der Waals surface area contributed by atoms with E-state index in [-0.39, 0.29) is 24.2 Å². The van der Waals surface area contributed by atoms with Crippen LogP contribution in [0.5, 0.6) is 5.88 Å². The van der Waals surface area contributed by atoms with Gasteiger partial charge in [-0.05, 0) is 17.8 Å². The van der Waals surface area contributed by atoms with Gasteiger partial charge >= 0.3 is 5.97 Å². The number of hydrogen-bond acceptors (Lipinski definition) is 5. The van der Waals surface area contributed by atoms with Crippen LogP contribution >= 0.6 is 12.2 Å². The summed E-state index contributed by atoms with van der Waals surface area (Å²) in [5.74, 6) is 0.0413. The average molecular weight is 318 g/mol. The van der Waals surface area contributed by atoms with Crippen molar-refractivity contribution in [1.82, 2.24) is 9.55 Å². The Hall–Kier alpha value is -2.41.